The Labute approximate surface area is 190 Å². The first-order chi connectivity index (χ1) is 16.0. The molecule has 0 unspecified atom stereocenters. The topological polar surface area (TPSA) is 120 Å². The Kier molecular flexibility index (Phi) is 7.82. The molecule has 0 aliphatic heterocycles. The van der Waals surface area contributed by atoms with E-state index in [2.05, 4.69) is 11.6 Å². The zero-order valence-electron chi connectivity index (χ0n) is 18.3. The first-order valence-electron chi connectivity index (χ1n) is 10.3. The van der Waals surface area contributed by atoms with Gasteiger partial charge in [-0.2, -0.15) is 0 Å². The smallest absolute Gasteiger partial charge is 0.330 e. The maximum absolute atomic E-state index is 13.5. The van der Waals surface area contributed by atoms with Crippen molar-refractivity contribution in [1.82, 2.24) is 9.55 Å². The molecule has 9 heteroatoms. The van der Waals surface area contributed by atoms with Gasteiger partial charge in [0.05, 0.1) is 19.7 Å². The lowest BCUT2D eigenvalue weighted by Crippen LogP contribution is -2.41. The summed E-state index contributed by atoms with van der Waals surface area (Å²) < 4.78 is 11.7. The Morgan fingerprint density at radius 3 is 2.48 bits per heavy atom. The molecular weight excluding hydrogens is 424 g/mol. The van der Waals surface area contributed by atoms with Crippen LogP contribution in [0.5, 0.6) is 5.75 Å². The van der Waals surface area contributed by atoms with Gasteiger partial charge < -0.3 is 15.2 Å². The number of nitrogens with zero attached hydrogens (tertiary/aromatic N) is 2. The number of rotatable bonds is 10. The van der Waals surface area contributed by atoms with Crippen LogP contribution >= 0.6 is 0 Å². The number of carbonyl (C=O) groups is 1. The third-order valence-corrected chi connectivity index (χ3v) is 4.90. The van der Waals surface area contributed by atoms with Crippen LogP contribution in [-0.2, 0) is 17.8 Å². The fourth-order valence-corrected chi connectivity index (χ4v) is 3.27. The zero-order valence-corrected chi connectivity index (χ0v) is 18.3. The molecule has 0 aliphatic rings. The minimum atomic E-state index is -0.749. The van der Waals surface area contributed by atoms with Crippen molar-refractivity contribution in [3.63, 3.8) is 0 Å². The largest absolute Gasteiger partial charge is 0.490 e. The lowest BCUT2D eigenvalue weighted by molar-refractivity contribution is 0.0984. The van der Waals surface area contributed by atoms with Gasteiger partial charge >= 0.3 is 5.69 Å². The summed E-state index contributed by atoms with van der Waals surface area (Å²) in [5.41, 5.74) is 5.82. The highest BCUT2D eigenvalue weighted by molar-refractivity contribution is 6.07. The molecule has 1 amide bonds. The number of ether oxygens (including phenoxy) is 2. The second-order valence-corrected chi connectivity index (χ2v) is 7.14. The summed E-state index contributed by atoms with van der Waals surface area (Å²) in [5.74, 6) is 0.00539. The van der Waals surface area contributed by atoms with Crippen LogP contribution < -0.4 is 26.6 Å². The van der Waals surface area contributed by atoms with Gasteiger partial charge in [-0.05, 0) is 29.8 Å². The number of hydrogen-bond acceptors (Lipinski definition) is 6. The molecule has 0 spiro atoms. The number of carbonyl (C=O) groups excluding carboxylic acids is 1. The molecule has 0 radical (unpaired) electrons. The highest BCUT2D eigenvalue weighted by Crippen LogP contribution is 2.23. The van der Waals surface area contributed by atoms with Crippen molar-refractivity contribution in [3.05, 3.63) is 99.2 Å². The minimum absolute atomic E-state index is 0.0736. The number of nitrogens with one attached hydrogen (secondary N) is 1. The maximum atomic E-state index is 13.5. The Morgan fingerprint density at radius 1 is 1.15 bits per heavy atom. The predicted octanol–water partition coefficient (Wildman–Crippen LogP) is 2.18. The summed E-state index contributed by atoms with van der Waals surface area (Å²) in [6.45, 7) is 4.33. The molecule has 0 saturated carbocycles. The van der Waals surface area contributed by atoms with Gasteiger partial charge in [0.2, 0.25) is 0 Å². The van der Waals surface area contributed by atoms with Gasteiger partial charge in [0.15, 0.2) is 5.69 Å². The number of nitrogen functional groups attached to an aromatic ring is 1. The van der Waals surface area contributed by atoms with Crippen molar-refractivity contribution >= 4 is 17.4 Å². The minimum Gasteiger partial charge on any atom is -0.490 e. The van der Waals surface area contributed by atoms with Gasteiger partial charge in [-0.15, -0.1) is 0 Å². The van der Waals surface area contributed by atoms with E-state index in [0.29, 0.717) is 17.9 Å². The van der Waals surface area contributed by atoms with Gasteiger partial charge in [0.25, 0.3) is 11.5 Å². The van der Waals surface area contributed by atoms with Crippen LogP contribution in [0.25, 0.3) is 0 Å². The third kappa shape index (κ3) is 5.58. The van der Waals surface area contributed by atoms with E-state index in [4.69, 9.17) is 15.2 Å². The Hall–Kier alpha value is -4.11. The molecule has 172 valence electrons. The summed E-state index contributed by atoms with van der Waals surface area (Å²) >= 11 is 0. The number of benzene rings is 2. The molecule has 9 nitrogen and oxygen atoms in total. The highest BCUT2D eigenvalue weighted by Gasteiger charge is 2.25. The summed E-state index contributed by atoms with van der Waals surface area (Å²) in [4.78, 5) is 42.2. The SMILES string of the molecule is C=CCOc1ccc(C(=O)N(Cc2ccccc2)c2c(N)n(CCOC)c(=O)[nH]c2=O)cc1. The molecule has 0 bridgehead atoms. The fraction of sp³-hybridized carbons (Fsp3) is 0.208. The van der Waals surface area contributed by atoms with Crippen LogP contribution in [-0.4, -0.2) is 35.8 Å². The second-order valence-electron chi connectivity index (χ2n) is 7.14. The standard InChI is InChI=1S/C24H26N4O5/c1-3-14-33-19-11-9-18(10-12-19)23(30)28(16-17-7-5-4-6-8-17)20-21(25)27(13-15-32-2)24(31)26-22(20)29/h3-12H,1,13-16,25H2,2H3,(H,26,29,31). The van der Waals surface area contributed by atoms with Crippen molar-refractivity contribution in [2.24, 2.45) is 0 Å². The van der Waals surface area contributed by atoms with Crippen molar-refractivity contribution < 1.29 is 14.3 Å². The van der Waals surface area contributed by atoms with E-state index < -0.39 is 17.2 Å². The lowest BCUT2D eigenvalue weighted by atomic mass is 10.1. The van der Waals surface area contributed by atoms with E-state index in [1.807, 2.05) is 30.3 Å². The molecule has 0 saturated heterocycles. The molecule has 3 rings (SSSR count). The molecule has 0 aliphatic carbocycles. The molecule has 0 fully saturated rings. The molecule has 33 heavy (non-hydrogen) atoms. The summed E-state index contributed by atoms with van der Waals surface area (Å²) in [6.07, 6.45) is 1.62. The van der Waals surface area contributed by atoms with Gasteiger partial charge in [-0.25, -0.2) is 4.79 Å². The number of amides is 1. The molecule has 3 N–H and O–H groups in total. The number of methoxy groups -OCH3 is 1. The predicted molar refractivity (Wildman–Crippen MR) is 127 cm³/mol. The Balaban J connectivity index is 2.07. The van der Waals surface area contributed by atoms with E-state index in [-0.39, 0.29) is 31.2 Å². The monoisotopic (exact) mass is 450 g/mol. The molecule has 3 aromatic rings. The van der Waals surface area contributed by atoms with Gasteiger partial charge in [-0.3, -0.25) is 24.0 Å². The van der Waals surface area contributed by atoms with E-state index in [1.54, 1.807) is 30.3 Å². The average Bonchev–Trinajstić information content (AvgIpc) is 2.82. The van der Waals surface area contributed by atoms with Crippen LogP contribution in [0.4, 0.5) is 11.5 Å². The molecule has 1 heterocycles. The third-order valence-electron chi connectivity index (χ3n) is 4.90. The van der Waals surface area contributed by atoms with E-state index in [0.717, 1.165) is 5.56 Å². The molecule has 0 atom stereocenters. The van der Waals surface area contributed by atoms with Crippen LogP contribution in [0.3, 0.4) is 0 Å². The number of anilines is 2. The Bertz CT molecular complexity index is 1220. The zero-order chi connectivity index (χ0) is 23.8. The Morgan fingerprint density at radius 2 is 1.85 bits per heavy atom. The summed E-state index contributed by atoms with van der Waals surface area (Å²) in [5, 5.41) is 0. The van der Waals surface area contributed by atoms with Crippen LogP contribution in [0.2, 0.25) is 0 Å². The summed E-state index contributed by atoms with van der Waals surface area (Å²) in [7, 11) is 1.49. The average molecular weight is 450 g/mol. The number of H-pyrrole nitrogens is 1. The molecule has 1 aromatic heterocycles. The maximum Gasteiger partial charge on any atom is 0.330 e. The summed E-state index contributed by atoms with van der Waals surface area (Å²) in [6, 6.07) is 15.7. The van der Waals surface area contributed by atoms with E-state index in [1.165, 1.54) is 16.6 Å². The van der Waals surface area contributed by atoms with Crippen LogP contribution in [0.15, 0.2) is 76.8 Å². The van der Waals surface area contributed by atoms with Crippen molar-refractivity contribution in [3.8, 4) is 5.75 Å². The van der Waals surface area contributed by atoms with Crippen LogP contribution in [0.1, 0.15) is 15.9 Å². The normalized spacial score (nSPS) is 10.6. The molecular formula is C24H26N4O5. The second kappa shape index (κ2) is 11.0. The number of aromatic nitrogens is 2. The number of aromatic amines is 1. The first kappa shape index (κ1) is 23.6. The quantitative estimate of drug-likeness (QED) is 0.457. The fourth-order valence-electron chi connectivity index (χ4n) is 3.27. The van der Waals surface area contributed by atoms with E-state index >= 15 is 0 Å². The highest BCUT2D eigenvalue weighted by atomic mass is 16.5. The van der Waals surface area contributed by atoms with Gasteiger partial charge in [-0.1, -0.05) is 43.0 Å². The first-order valence-corrected chi connectivity index (χ1v) is 10.3. The van der Waals surface area contributed by atoms with Crippen molar-refractivity contribution in [2.45, 2.75) is 13.1 Å². The lowest BCUT2D eigenvalue weighted by Gasteiger charge is -2.25. The van der Waals surface area contributed by atoms with Crippen molar-refractivity contribution in [2.75, 3.05) is 31.0 Å². The van der Waals surface area contributed by atoms with Crippen molar-refractivity contribution in [1.29, 1.82) is 0 Å². The van der Waals surface area contributed by atoms with Gasteiger partial charge in [0, 0.05) is 12.7 Å². The number of hydrogen-bond donors (Lipinski definition) is 2. The van der Waals surface area contributed by atoms with Gasteiger partial charge in [0.1, 0.15) is 18.2 Å². The van der Waals surface area contributed by atoms with E-state index in [9.17, 15) is 14.4 Å². The molecule has 2 aromatic carbocycles. The van der Waals surface area contributed by atoms with Crippen LogP contribution in [0, 0.1) is 0 Å². The number of nitrogens with two attached hydrogens (primary N) is 1.